The number of aryl methyl sites for hydroxylation is 1. The molecule has 0 aliphatic carbocycles. The first kappa shape index (κ1) is 24.6. The van der Waals surface area contributed by atoms with Crippen LogP contribution in [0.2, 0.25) is 0 Å². The van der Waals surface area contributed by atoms with E-state index < -0.39 is 15.4 Å². The smallest absolute Gasteiger partial charge is 0.410 e. The fourth-order valence-electron chi connectivity index (χ4n) is 4.85. The number of anilines is 3. The van der Waals surface area contributed by atoms with Gasteiger partial charge in [0.2, 0.25) is 0 Å². The maximum Gasteiger partial charge on any atom is 0.410 e. The lowest BCUT2D eigenvalue weighted by Crippen LogP contribution is -2.50. The molecule has 1 atom stereocenters. The summed E-state index contributed by atoms with van der Waals surface area (Å²) in [5.41, 5.74) is 3.22. The predicted octanol–water partition coefficient (Wildman–Crippen LogP) is 3.55. The number of hydrogen-bond donors (Lipinski definition) is 1. The van der Waals surface area contributed by atoms with E-state index in [1.165, 1.54) is 6.33 Å². The number of benzene rings is 1. The molecule has 2 fully saturated rings. The molecule has 1 aromatic heterocycles. The Morgan fingerprint density at radius 2 is 1.86 bits per heavy atom. The van der Waals surface area contributed by atoms with Crippen LogP contribution >= 0.6 is 0 Å². The maximum absolute atomic E-state index is 12.4. The second kappa shape index (κ2) is 8.79. The van der Waals surface area contributed by atoms with Gasteiger partial charge in [0.25, 0.3) is 0 Å². The third kappa shape index (κ3) is 4.80. The van der Waals surface area contributed by atoms with Crippen molar-refractivity contribution in [2.45, 2.75) is 52.2 Å². The van der Waals surface area contributed by atoms with E-state index in [4.69, 9.17) is 9.47 Å². The Labute approximate surface area is 211 Å². The molecule has 194 valence electrons. The Morgan fingerprint density at radius 1 is 1.17 bits per heavy atom. The van der Waals surface area contributed by atoms with Gasteiger partial charge in [-0.25, -0.2) is 23.2 Å². The third-order valence-electron chi connectivity index (χ3n) is 6.76. The first-order valence-corrected chi connectivity index (χ1v) is 14.1. The first-order valence-electron chi connectivity index (χ1n) is 12.3. The Hall–Kier alpha value is -3.08. The second-order valence-electron chi connectivity index (χ2n) is 10.8. The van der Waals surface area contributed by atoms with E-state index in [9.17, 15) is 13.2 Å². The highest BCUT2D eigenvalue weighted by Crippen LogP contribution is 2.44. The number of carbonyl (C=O) groups is 1. The number of likely N-dealkylation sites (tertiary alicyclic amines) is 1. The maximum atomic E-state index is 12.4. The summed E-state index contributed by atoms with van der Waals surface area (Å²) in [6.45, 7) is 11.6. The second-order valence-corrected chi connectivity index (χ2v) is 13.1. The van der Waals surface area contributed by atoms with Crippen LogP contribution in [0, 0.1) is 6.92 Å². The van der Waals surface area contributed by atoms with Crippen LogP contribution in [0.4, 0.5) is 22.1 Å². The zero-order valence-electron chi connectivity index (χ0n) is 21.4. The van der Waals surface area contributed by atoms with Crippen LogP contribution in [0.25, 0.3) is 0 Å². The SMILES string of the molecule is Cc1cc(C2CN(C(=O)OC(C)(C)C)C2)cc2c1O[C@@H](C)c1c(ncnc1N1CCS(=O)(=O)CC1)N2. The van der Waals surface area contributed by atoms with Gasteiger partial charge in [-0.05, 0) is 51.8 Å². The molecule has 0 unspecified atom stereocenters. The molecule has 11 heteroatoms. The van der Waals surface area contributed by atoms with E-state index in [0.717, 1.165) is 28.1 Å². The minimum atomic E-state index is -3.01. The number of ether oxygens (including phenoxy) is 2. The lowest BCUT2D eigenvalue weighted by Gasteiger charge is -2.40. The molecular formula is C25H33N5O5S. The monoisotopic (exact) mass is 515 g/mol. The van der Waals surface area contributed by atoms with Crippen molar-refractivity contribution in [3.63, 3.8) is 0 Å². The number of amides is 1. The van der Waals surface area contributed by atoms with Gasteiger partial charge in [-0.2, -0.15) is 0 Å². The van der Waals surface area contributed by atoms with Gasteiger partial charge >= 0.3 is 6.09 Å². The van der Waals surface area contributed by atoms with Crippen LogP contribution in [0.15, 0.2) is 18.5 Å². The van der Waals surface area contributed by atoms with Crippen molar-refractivity contribution in [3.8, 4) is 5.75 Å². The van der Waals surface area contributed by atoms with E-state index >= 15 is 0 Å². The number of fused-ring (bicyclic) bond motifs is 2. The molecular weight excluding hydrogens is 482 g/mol. The van der Waals surface area contributed by atoms with E-state index in [0.29, 0.717) is 37.8 Å². The van der Waals surface area contributed by atoms with Gasteiger partial charge in [0.1, 0.15) is 35.4 Å². The Kier molecular flexibility index (Phi) is 6.01. The molecule has 10 nitrogen and oxygen atoms in total. The standard InChI is InChI=1S/C25H33N5O5S/c1-15-10-17(18-12-30(13-18)24(31)35-25(3,4)5)11-19-21(15)34-16(2)20-22(28-19)26-14-27-23(20)29-6-8-36(32,33)9-7-29/h10-11,14,16,18H,6-9,12-13H2,1-5H3,(H,26,27,28)/t16-/m0/s1. The highest BCUT2D eigenvalue weighted by molar-refractivity contribution is 7.91. The summed E-state index contributed by atoms with van der Waals surface area (Å²) >= 11 is 0. The average Bonchev–Trinajstić information content (AvgIpc) is 2.88. The van der Waals surface area contributed by atoms with Gasteiger partial charge in [0.15, 0.2) is 9.84 Å². The molecule has 1 N–H and O–H groups in total. The van der Waals surface area contributed by atoms with Crippen molar-refractivity contribution in [3.05, 3.63) is 35.2 Å². The summed E-state index contributed by atoms with van der Waals surface area (Å²) in [6, 6.07) is 4.18. The lowest BCUT2D eigenvalue weighted by molar-refractivity contribution is 0.00819. The number of rotatable bonds is 2. The van der Waals surface area contributed by atoms with Crippen LogP contribution in [-0.2, 0) is 14.6 Å². The van der Waals surface area contributed by atoms with Gasteiger partial charge in [-0.3, -0.25) is 0 Å². The molecule has 1 amide bonds. The molecule has 0 radical (unpaired) electrons. The minimum Gasteiger partial charge on any atom is -0.483 e. The van der Waals surface area contributed by atoms with Gasteiger partial charge in [-0.1, -0.05) is 6.07 Å². The van der Waals surface area contributed by atoms with Gasteiger partial charge < -0.3 is 24.6 Å². The van der Waals surface area contributed by atoms with E-state index in [2.05, 4.69) is 27.4 Å². The molecule has 1 aromatic carbocycles. The van der Waals surface area contributed by atoms with Crippen LogP contribution in [0.5, 0.6) is 5.75 Å². The fourth-order valence-corrected chi connectivity index (χ4v) is 6.05. The summed E-state index contributed by atoms with van der Waals surface area (Å²) in [4.78, 5) is 25.1. The van der Waals surface area contributed by atoms with Crippen LogP contribution < -0.4 is 15.0 Å². The van der Waals surface area contributed by atoms with Crippen LogP contribution in [0.3, 0.4) is 0 Å². The van der Waals surface area contributed by atoms with Crippen molar-refractivity contribution in [2.75, 3.05) is 47.9 Å². The van der Waals surface area contributed by atoms with Gasteiger partial charge in [0, 0.05) is 32.1 Å². The summed E-state index contributed by atoms with van der Waals surface area (Å²) in [5, 5.41) is 3.45. The predicted molar refractivity (Wildman–Crippen MR) is 137 cm³/mol. The molecule has 3 aliphatic rings. The lowest BCUT2D eigenvalue weighted by atomic mass is 9.90. The normalized spacial score (nSPS) is 21.3. The average molecular weight is 516 g/mol. The zero-order chi connectivity index (χ0) is 25.8. The number of nitrogens with one attached hydrogen (secondary N) is 1. The number of aromatic nitrogens is 2. The van der Waals surface area contributed by atoms with Gasteiger partial charge in [-0.15, -0.1) is 0 Å². The number of sulfone groups is 1. The molecule has 36 heavy (non-hydrogen) atoms. The third-order valence-corrected chi connectivity index (χ3v) is 8.37. The molecule has 2 aromatic rings. The van der Waals surface area contributed by atoms with Crippen LogP contribution in [-0.4, -0.2) is 72.7 Å². The Morgan fingerprint density at radius 3 is 2.53 bits per heavy atom. The van der Waals surface area contributed by atoms with E-state index in [1.54, 1.807) is 4.90 Å². The Bertz CT molecular complexity index is 1290. The number of carbonyl (C=O) groups excluding carboxylic acids is 1. The molecule has 3 aliphatic heterocycles. The quantitative estimate of drug-likeness (QED) is 0.641. The van der Waals surface area contributed by atoms with E-state index in [-0.39, 0.29) is 29.6 Å². The van der Waals surface area contributed by atoms with E-state index in [1.807, 2.05) is 39.5 Å². The highest BCUT2D eigenvalue weighted by Gasteiger charge is 2.36. The van der Waals surface area contributed by atoms with Crippen molar-refractivity contribution in [2.24, 2.45) is 0 Å². The van der Waals surface area contributed by atoms with Crippen molar-refractivity contribution >= 4 is 33.3 Å². The summed E-state index contributed by atoms with van der Waals surface area (Å²) in [7, 11) is -3.01. The van der Waals surface area contributed by atoms with Gasteiger partial charge in [0.05, 0.1) is 22.8 Å². The summed E-state index contributed by atoms with van der Waals surface area (Å²) in [5.74, 6) is 2.53. The van der Waals surface area contributed by atoms with Crippen molar-refractivity contribution in [1.29, 1.82) is 0 Å². The highest BCUT2D eigenvalue weighted by atomic mass is 32.2. The van der Waals surface area contributed by atoms with Crippen LogP contribution in [0.1, 0.15) is 56.4 Å². The summed E-state index contributed by atoms with van der Waals surface area (Å²) < 4.78 is 35.8. The van der Waals surface area contributed by atoms with Crippen molar-refractivity contribution < 1.29 is 22.7 Å². The topological polar surface area (TPSA) is 114 Å². The Balaban J connectivity index is 1.39. The fraction of sp³-hybridized carbons (Fsp3) is 0.560. The molecule has 4 heterocycles. The number of nitrogens with zero attached hydrogens (tertiary/aromatic N) is 4. The molecule has 0 saturated carbocycles. The molecule has 5 rings (SSSR count). The zero-order valence-corrected chi connectivity index (χ0v) is 22.2. The molecule has 0 bridgehead atoms. The molecule has 0 spiro atoms. The van der Waals surface area contributed by atoms with Crippen molar-refractivity contribution in [1.82, 2.24) is 14.9 Å². The largest absolute Gasteiger partial charge is 0.483 e. The summed E-state index contributed by atoms with van der Waals surface area (Å²) in [6.07, 6.45) is 0.882. The first-order chi connectivity index (χ1) is 16.9. The number of hydrogen-bond acceptors (Lipinski definition) is 9. The minimum absolute atomic E-state index is 0.110. The molecule has 2 saturated heterocycles.